The molecule has 0 unspecified atom stereocenters. The molecule has 0 radical (unpaired) electrons. The van der Waals surface area contributed by atoms with Crippen molar-refractivity contribution in [2.75, 3.05) is 27.2 Å². The minimum absolute atomic E-state index is 0.0461. The van der Waals surface area contributed by atoms with Crippen LogP contribution in [0, 0.1) is 0 Å². The van der Waals surface area contributed by atoms with E-state index in [2.05, 4.69) is 5.32 Å². The van der Waals surface area contributed by atoms with Crippen molar-refractivity contribution in [3.63, 3.8) is 0 Å². The SMILES string of the molecule is CC(=O)/C=C(\O)CCC(=O)NCCN(C)C. The lowest BCUT2D eigenvalue weighted by molar-refractivity contribution is -0.121. The van der Waals surface area contributed by atoms with Gasteiger partial charge in [0.2, 0.25) is 5.91 Å². The second kappa shape index (κ2) is 7.87. The lowest BCUT2D eigenvalue weighted by Gasteiger charge is -2.10. The Labute approximate surface area is 96.1 Å². The van der Waals surface area contributed by atoms with Gasteiger partial charge in [-0.05, 0) is 21.0 Å². The third-order valence-corrected chi connectivity index (χ3v) is 1.86. The Hall–Kier alpha value is -1.36. The van der Waals surface area contributed by atoms with E-state index in [-0.39, 0.29) is 30.3 Å². The summed E-state index contributed by atoms with van der Waals surface area (Å²) in [6.07, 6.45) is 1.53. The van der Waals surface area contributed by atoms with Gasteiger partial charge in [-0.2, -0.15) is 0 Å². The second-order valence-electron chi connectivity index (χ2n) is 3.90. The zero-order valence-electron chi connectivity index (χ0n) is 10.1. The summed E-state index contributed by atoms with van der Waals surface area (Å²) in [5.74, 6) is -0.383. The molecule has 0 aliphatic carbocycles. The van der Waals surface area contributed by atoms with Crippen LogP contribution >= 0.6 is 0 Å². The number of nitrogens with one attached hydrogen (secondary N) is 1. The quantitative estimate of drug-likeness (QED) is 0.491. The summed E-state index contributed by atoms with van der Waals surface area (Å²) in [6, 6.07) is 0. The average molecular weight is 228 g/mol. The van der Waals surface area contributed by atoms with Crippen LogP contribution in [-0.2, 0) is 9.59 Å². The highest BCUT2D eigenvalue weighted by Crippen LogP contribution is 2.00. The first kappa shape index (κ1) is 14.6. The van der Waals surface area contributed by atoms with Crippen LogP contribution in [0.3, 0.4) is 0 Å². The Morgan fingerprint density at radius 2 is 1.94 bits per heavy atom. The maximum absolute atomic E-state index is 11.3. The van der Waals surface area contributed by atoms with Gasteiger partial charge in [-0.3, -0.25) is 9.59 Å². The van der Waals surface area contributed by atoms with E-state index in [1.54, 1.807) is 0 Å². The fraction of sp³-hybridized carbons (Fsp3) is 0.636. The van der Waals surface area contributed by atoms with E-state index in [0.29, 0.717) is 6.54 Å². The number of hydrogen-bond acceptors (Lipinski definition) is 4. The Balaban J connectivity index is 3.69. The minimum Gasteiger partial charge on any atom is -0.512 e. The zero-order chi connectivity index (χ0) is 12.6. The van der Waals surface area contributed by atoms with E-state index >= 15 is 0 Å². The average Bonchev–Trinajstić information content (AvgIpc) is 2.13. The fourth-order valence-electron chi connectivity index (χ4n) is 1.06. The molecule has 5 nitrogen and oxygen atoms in total. The van der Waals surface area contributed by atoms with Crippen molar-refractivity contribution in [2.24, 2.45) is 0 Å². The molecule has 0 bridgehead atoms. The lowest BCUT2D eigenvalue weighted by Crippen LogP contribution is -2.31. The Kier molecular flexibility index (Phi) is 7.20. The lowest BCUT2D eigenvalue weighted by atomic mass is 10.2. The summed E-state index contributed by atoms with van der Waals surface area (Å²) in [4.78, 5) is 23.8. The minimum atomic E-state index is -0.217. The molecular formula is C11H20N2O3. The number of ketones is 1. The molecule has 92 valence electrons. The largest absolute Gasteiger partial charge is 0.512 e. The number of allylic oxidation sites excluding steroid dienone is 2. The van der Waals surface area contributed by atoms with Crippen LogP contribution in [0.15, 0.2) is 11.8 Å². The molecule has 0 aromatic rings. The Morgan fingerprint density at radius 3 is 2.44 bits per heavy atom. The van der Waals surface area contributed by atoms with Gasteiger partial charge in [0.05, 0.1) is 5.76 Å². The van der Waals surface area contributed by atoms with E-state index in [4.69, 9.17) is 0 Å². The number of likely N-dealkylation sites (N-methyl/N-ethyl adjacent to an activating group) is 1. The Bertz CT molecular complexity index is 272. The molecule has 0 aliphatic rings. The molecule has 0 rings (SSSR count). The molecule has 16 heavy (non-hydrogen) atoms. The summed E-state index contributed by atoms with van der Waals surface area (Å²) in [7, 11) is 3.85. The molecule has 0 aromatic carbocycles. The van der Waals surface area contributed by atoms with Crippen LogP contribution < -0.4 is 5.32 Å². The molecule has 0 aliphatic heterocycles. The number of carbonyl (C=O) groups is 2. The van der Waals surface area contributed by atoms with E-state index in [1.807, 2.05) is 19.0 Å². The standard InChI is InChI=1S/C11H20N2O3/c1-9(14)8-10(15)4-5-11(16)12-6-7-13(2)3/h8,15H,4-7H2,1-3H3,(H,12,16)/b10-8-. The molecule has 2 N–H and O–H groups in total. The van der Waals surface area contributed by atoms with Gasteiger partial charge < -0.3 is 15.3 Å². The van der Waals surface area contributed by atoms with Crippen molar-refractivity contribution in [1.82, 2.24) is 10.2 Å². The van der Waals surface area contributed by atoms with Gasteiger partial charge in [0.25, 0.3) is 0 Å². The molecule has 0 aromatic heterocycles. The summed E-state index contributed by atoms with van der Waals surface area (Å²) in [5, 5.41) is 12.0. The molecule has 0 saturated carbocycles. The first-order chi connectivity index (χ1) is 7.41. The predicted molar refractivity (Wildman–Crippen MR) is 62.2 cm³/mol. The second-order valence-corrected chi connectivity index (χ2v) is 3.90. The van der Waals surface area contributed by atoms with Gasteiger partial charge >= 0.3 is 0 Å². The highest BCUT2D eigenvalue weighted by atomic mass is 16.3. The summed E-state index contributed by atoms with van der Waals surface area (Å²) < 4.78 is 0. The third-order valence-electron chi connectivity index (χ3n) is 1.86. The number of rotatable bonds is 7. The highest BCUT2D eigenvalue weighted by Gasteiger charge is 2.03. The van der Waals surface area contributed by atoms with Crippen molar-refractivity contribution in [3.05, 3.63) is 11.8 Å². The third kappa shape index (κ3) is 9.21. The van der Waals surface area contributed by atoms with Crippen LogP contribution in [0.4, 0.5) is 0 Å². The topological polar surface area (TPSA) is 69.6 Å². The van der Waals surface area contributed by atoms with Gasteiger partial charge in [-0.25, -0.2) is 0 Å². The van der Waals surface area contributed by atoms with Crippen LogP contribution in [0.1, 0.15) is 19.8 Å². The van der Waals surface area contributed by atoms with Gasteiger partial charge in [0.1, 0.15) is 0 Å². The van der Waals surface area contributed by atoms with Crippen LogP contribution in [-0.4, -0.2) is 48.9 Å². The van der Waals surface area contributed by atoms with Crippen molar-refractivity contribution < 1.29 is 14.7 Å². The number of hydrogen-bond donors (Lipinski definition) is 2. The number of nitrogens with zero attached hydrogens (tertiary/aromatic N) is 1. The molecule has 0 saturated heterocycles. The van der Waals surface area contributed by atoms with Crippen molar-refractivity contribution in [2.45, 2.75) is 19.8 Å². The molecular weight excluding hydrogens is 208 g/mol. The van der Waals surface area contributed by atoms with Crippen LogP contribution in [0.2, 0.25) is 0 Å². The summed E-state index contributed by atoms with van der Waals surface area (Å²) in [5.41, 5.74) is 0. The Morgan fingerprint density at radius 1 is 1.31 bits per heavy atom. The van der Waals surface area contributed by atoms with Crippen LogP contribution in [0.5, 0.6) is 0 Å². The number of aliphatic hydroxyl groups excluding tert-OH is 1. The maximum Gasteiger partial charge on any atom is 0.220 e. The number of carbonyl (C=O) groups excluding carboxylic acids is 2. The fourth-order valence-corrected chi connectivity index (χ4v) is 1.06. The normalized spacial score (nSPS) is 11.6. The predicted octanol–water partition coefficient (Wildman–Crippen LogP) is 0.475. The van der Waals surface area contributed by atoms with E-state index < -0.39 is 0 Å². The molecule has 1 amide bonds. The monoisotopic (exact) mass is 228 g/mol. The van der Waals surface area contributed by atoms with E-state index in [1.165, 1.54) is 6.92 Å². The van der Waals surface area contributed by atoms with E-state index in [9.17, 15) is 14.7 Å². The number of amides is 1. The molecule has 0 heterocycles. The molecule has 0 spiro atoms. The van der Waals surface area contributed by atoms with E-state index in [0.717, 1.165) is 12.6 Å². The van der Waals surface area contributed by atoms with Gasteiger partial charge in [0.15, 0.2) is 5.78 Å². The highest BCUT2D eigenvalue weighted by molar-refractivity contribution is 5.87. The maximum atomic E-state index is 11.3. The van der Waals surface area contributed by atoms with Crippen LogP contribution in [0.25, 0.3) is 0 Å². The van der Waals surface area contributed by atoms with Crippen molar-refractivity contribution in [1.29, 1.82) is 0 Å². The van der Waals surface area contributed by atoms with Gasteiger partial charge in [-0.15, -0.1) is 0 Å². The van der Waals surface area contributed by atoms with Gasteiger partial charge in [-0.1, -0.05) is 0 Å². The molecule has 0 fully saturated rings. The zero-order valence-corrected chi connectivity index (χ0v) is 10.1. The summed E-state index contributed by atoms with van der Waals surface area (Å²) >= 11 is 0. The van der Waals surface area contributed by atoms with Crippen molar-refractivity contribution >= 4 is 11.7 Å². The molecule has 5 heteroatoms. The molecule has 0 atom stereocenters. The smallest absolute Gasteiger partial charge is 0.220 e. The van der Waals surface area contributed by atoms with Crippen molar-refractivity contribution in [3.8, 4) is 0 Å². The first-order valence-corrected chi connectivity index (χ1v) is 5.23. The van der Waals surface area contributed by atoms with Gasteiger partial charge in [0, 0.05) is 32.0 Å². The first-order valence-electron chi connectivity index (χ1n) is 5.23. The number of aliphatic hydroxyl groups is 1. The summed E-state index contributed by atoms with van der Waals surface area (Å²) in [6.45, 7) is 2.72.